The first-order valence-electron chi connectivity index (χ1n) is 5.82. The van der Waals surface area contributed by atoms with E-state index in [2.05, 4.69) is 25.6 Å². The van der Waals surface area contributed by atoms with Crippen molar-refractivity contribution in [3.05, 3.63) is 58.2 Å². The largest absolute Gasteiger partial charge is 0.478 e. The lowest BCUT2D eigenvalue weighted by Gasteiger charge is -2.06. The molecular weight excluding hydrogens is 360 g/mol. The Morgan fingerprint density at radius 2 is 2.05 bits per heavy atom. The second-order valence-electron chi connectivity index (χ2n) is 4.14. The maximum Gasteiger partial charge on any atom is 0.337 e. The second kappa shape index (κ2) is 6.33. The molecule has 110 valence electrons. The van der Waals surface area contributed by atoms with Gasteiger partial charge in [-0.3, -0.25) is 0 Å². The third-order valence-corrected chi connectivity index (χ3v) is 4.42. The third-order valence-electron chi connectivity index (χ3n) is 2.61. The summed E-state index contributed by atoms with van der Waals surface area (Å²) in [6.45, 7) is 0.115. The lowest BCUT2D eigenvalue weighted by Crippen LogP contribution is -2.24. The Morgan fingerprint density at radius 1 is 1.29 bits per heavy atom. The Bertz CT molecular complexity index is 760. The molecule has 21 heavy (non-hydrogen) atoms. The van der Waals surface area contributed by atoms with Crippen LogP contribution >= 0.6 is 15.9 Å². The number of carboxylic acids is 1. The van der Waals surface area contributed by atoms with Crippen LogP contribution in [0.2, 0.25) is 0 Å². The number of halogens is 1. The Balaban J connectivity index is 2.13. The topological polar surface area (TPSA) is 96.4 Å². The van der Waals surface area contributed by atoms with Gasteiger partial charge in [0.25, 0.3) is 10.0 Å². The number of carbonyl (C=O) groups is 1. The number of aromatic carboxylic acids is 1. The van der Waals surface area contributed by atoms with Crippen molar-refractivity contribution >= 4 is 31.9 Å². The highest BCUT2D eigenvalue weighted by atomic mass is 79.9. The summed E-state index contributed by atoms with van der Waals surface area (Å²) in [6.07, 6.45) is 1.01. The number of benzene rings is 1. The number of nitrogens with zero attached hydrogens (tertiary/aromatic N) is 1. The smallest absolute Gasteiger partial charge is 0.337 e. The van der Waals surface area contributed by atoms with Gasteiger partial charge < -0.3 is 5.11 Å². The van der Waals surface area contributed by atoms with E-state index in [1.165, 1.54) is 6.07 Å². The first kappa shape index (κ1) is 15.6. The summed E-state index contributed by atoms with van der Waals surface area (Å²) in [6, 6.07) is 9.57. The van der Waals surface area contributed by atoms with E-state index in [0.29, 0.717) is 0 Å². The van der Waals surface area contributed by atoms with Gasteiger partial charge in [-0.15, -0.1) is 0 Å². The Morgan fingerprint density at radius 3 is 2.62 bits per heavy atom. The zero-order chi connectivity index (χ0) is 15.5. The van der Waals surface area contributed by atoms with Crippen LogP contribution in [0.4, 0.5) is 0 Å². The predicted molar refractivity (Wildman–Crippen MR) is 79.4 cm³/mol. The molecule has 1 aromatic heterocycles. The molecule has 2 aromatic rings. The van der Waals surface area contributed by atoms with E-state index < -0.39 is 16.0 Å². The van der Waals surface area contributed by atoms with Gasteiger partial charge in [-0.1, -0.05) is 28.1 Å². The number of aromatic nitrogens is 1. The highest BCUT2D eigenvalue weighted by Crippen LogP contribution is 2.13. The number of nitrogens with one attached hydrogen (secondary N) is 1. The summed E-state index contributed by atoms with van der Waals surface area (Å²) < 4.78 is 27.3. The average molecular weight is 371 g/mol. The van der Waals surface area contributed by atoms with Gasteiger partial charge in [-0.05, 0) is 29.8 Å². The highest BCUT2D eigenvalue weighted by molar-refractivity contribution is 9.10. The van der Waals surface area contributed by atoms with Crippen LogP contribution in [0, 0.1) is 0 Å². The monoisotopic (exact) mass is 370 g/mol. The van der Waals surface area contributed by atoms with E-state index in [1.54, 1.807) is 18.2 Å². The molecule has 0 amide bonds. The molecule has 0 fully saturated rings. The normalized spacial score (nSPS) is 11.3. The van der Waals surface area contributed by atoms with Crippen LogP contribution in [0.15, 0.2) is 52.1 Å². The molecule has 0 atom stereocenters. The Hall–Kier alpha value is -1.77. The van der Waals surface area contributed by atoms with Crippen molar-refractivity contribution in [3.8, 4) is 0 Å². The third kappa shape index (κ3) is 4.10. The molecule has 6 nitrogen and oxygen atoms in total. The summed E-state index contributed by atoms with van der Waals surface area (Å²) in [5.41, 5.74) is 0.719. The van der Waals surface area contributed by atoms with Gasteiger partial charge in [-0.25, -0.2) is 22.9 Å². The van der Waals surface area contributed by atoms with Crippen molar-refractivity contribution in [1.82, 2.24) is 9.71 Å². The van der Waals surface area contributed by atoms with Crippen LogP contribution in [0.5, 0.6) is 0 Å². The van der Waals surface area contributed by atoms with Gasteiger partial charge in [0.15, 0.2) is 5.03 Å². The number of hydrogen-bond acceptors (Lipinski definition) is 4. The molecule has 0 aliphatic heterocycles. The Kier molecular flexibility index (Phi) is 4.71. The molecular formula is C13H11BrN2O4S. The fourth-order valence-corrected chi connectivity index (χ4v) is 2.95. The summed E-state index contributed by atoms with van der Waals surface area (Å²) in [5, 5.41) is 8.53. The van der Waals surface area contributed by atoms with Gasteiger partial charge in [0, 0.05) is 17.2 Å². The fourth-order valence-electron chi connectivity index (χ4n) is 1.56. The molecule has 2 N–H and O–H groups in total. The van der Waals surface area contributed by atoms with Gasteiger partial charge in [0.1, 0.15) is 0 Å². The quantitative estimate of drug-likeness (QED) is 0.838. The molecule has 0 spiro atoms. The Labute approximate surface area is 130 Å². The number of rotatable bonds is 5. The minimum Gasteiger partial charge on any atom is -0.478 e. The summed E-state index contributed by atoms with van der Waals surface area (Å²) >= 11 is 3.30. The molecule has 0 aliphatic carbocycles. The maximum atomic E-state index is 12.0. The maximum absolute atomic E-state index is 12.0. The molecule has 0 aliphatic rings. The van der Waals surface area contributed by atoms with Crippen LogP contribution in [-0.2, 0) is 16.6 Å². The summed E-state index contributed by atoms with van der Waals surface area (Å²) in [5.74, 6) is -1.16. The number of carboxylic acid groups (broad SMARTS) is 1. The zero-order valence-corrected chi connectivity index (χ0v) is 13.1. The van der Waals surface area contributed by atoms with Crippen molar-refractivity contribution in [2.45, 2.75) is 11.6 Å². The molecule has 0 unspecified atom stereocenters. The van der Waals surface area contributed by atoms with Gasteiger partial charge in [0.05, 0.1) is 5.56 Å². The van der Waals surface area contributed by atoms with Gasteiger partial charge >= 0.3 is 5.97 Å². The van der Waals surface area contributed by atoms with Crippen molar-refractivity contribution in [3.63, 3.8) is 0 Å². The van der Waals surface area contributed by atoms with E-state index in [9.17, 15) is 13.2 Å². The number of sulfonamides is 1. The van der Waals surface area contributed by atoms with Crippen LogP contribution in [0.3, 0.4) is 0 Å². The van der Waals surface area contributed by atoms with E-state index in [-0.39, 0.29) is 17.1 Å². The molecule has 0 saturated heterocycles. The molecule has 0 bridgehead atoms. The van der Waals surface area contributed by atoms with Gasteiger partial charge in [0.2, 0.25) is 0 Å². The van der Waals surface area contributed by atoms with Crippen LogP contribution in [-0.4, -0.2) is 24.5 Å². The van der Waals surface area contributed by atoms with E-state index in [0.717, 1.165) is 22.3 Å². The SMILES string of the molecule is O=C(O)c1ccc(S(=O)(=O)NCc2cccc(Br)c2)nc1. The van der Waals surface area contributed by atoms with Crippen molar-refractivity contribution in [2.75, 3.05) is 0 Å². The molecule has 0 saturated carbocycles. The summed E-state index contributed by atoms with van der Waals surface area (Å²) in [4.78, 5) is 14.4. The van der Waals surface area contributed by atoms with Crippen molar-refractivity contribution in [1.29, 1.82) is 0 Å². The molecule has 1 heterocycles. The standard InChI is InChI=1S/C13H11BrN2O4S/c14-11-3-1-2-9(6-11)7-16-21(19,20)12-5-4-10(8-15-12)13(17)18/h1-6,8,16H,7H2,(H,17,18). The van der Waals surface area contributed by atoms with E-state index in [1.807, 2.05) is 6.07 Å². The molecule has 2 rings (SSSR count). The molecule has 8 heteroatoms. The van der Waals surface area contributed by atoms with Crippen LogP contribution in [0.1, 0.15) is 15.9 Å². The second-order valence-corrected chi connectivity index (χ2v) is 6.77. The first-order valence-corrected chi connectivity index (χ1v) is 8.09. The fraction of sp³-hybridized carbons (Fsp3) is 0.0769. The minimum atomic E-state index is -3.78. The van der Waals surface area contributed by atoms with E-state index >= 15 is 0 Å². The highest BCUT2D eigenvalue weighted by Gasteiger charge is 2.16. The minimum absolute atomic E-state index is 0.0686. The first-order chi connectivity index (χ1) is 9.88. The van der Waals surface area contributed by atoms with Crippen LogP contribution in [0.25, 0.3) is 0 Å². The van der Waals surface area contributed by atoms with Crippen LogP contribution < -0.4 is 4.72 Å². The van der Waals surface area contributed by atoms with E-state index in [4.69, 9.17) is 5.11 Å². The zero-order valence-electron chi connectivity index (χ0n) is 10.7. The lowest BCUT2D eigenvalue weighted by atomic mass is 10.2. The number of hydrogen-bond donors (Lipinski definition) is 2. The van der Waals surface area contributed by atoms with Crippen molar-refractivity contribution in [2.24, 2.45) is 0 Å². The summed E-state index contributed by atoms with van der Waals surface area (Å²) in [7, 11) is -3.78. The predicted octanol–water partition coefficient (Wildman–Crippen LogP) is 2.02. The van der Waals surface area contributed by atoms with Crippen molar-refractivity contribution < 1.29 is 18.3 Å². The lowest BCUT2D eigenvalue weighted by molar-refractivity contribution is 0.0696. The number of pyridine rings is 1. The average Bonchev–Trinajstić information content (AvgIpc) is 2.45. The molecule has 0 radical (unpaired) electrons. The molecule has 1 aromatic carbocycles. The van der Waals surface area contributed by atoms with Gasteiger partial charge in [-0.2, -0.15) is 0 Å².